The third-order valence-electron chi connectivity index (χ3n) is 5.18. The molecule has 8 heteroatoms. The molecule has 0 aliphatic carbocycles. The van der Waals surface area contributed by atoms with Gasteiger partial charge in [0.1, 0.15) is 23.0 Å². The minimum atomic E-state index is -0.285. The van der Waals surface area contributed by atoms with Crippen LogP contribution in [0.25, 0.3) is 33.7 Å². The minimum absolute atomic E-state index is 0.246. The maximum absolute atomic E-state index is 13.5. The molecule has 0 unspecified atom stereocenters. The number of hydrogen-bond acceptors (Lipinski definition) is 5. The number of imidazole rings is 1. The predicted octanol–water partition coefficient (Wildman–Crippen LogP) is 5.22. The molecule has 0 saturated heterocycles. The molecule has 7 nitrogen and oxygen atoms in total. The van der Waals surface area contributed by atoms with Crippen LogP contribution < -0.4 is 5.32 Å². The Labute approximate surface area is 184 Å². The average Bonchev–Trinajstić information content (AvgIpc) is 3.45. The maximum Gasteiger partial charge on any atom is 0.126 e. The molecule has 0 amide bonds. The first-order valence-electron chi connectivity index (χ1n) is 10.4. The molecular weight excluding hydrogens is 405 g/mol. The van der Waals surface area contributed by atoms with E-state index in [9.17, 15) is 4.39 Å². The molecule has 5 aromatic rings. The highest BCUT2D eigenvalue weighted by Gasteiger charge is 2.17. The van der Waals surface area contributed by atoms with Crippen molar-refractivity contribution in [1.29, 1.82) is 0 Å². The lowest BCUT2D eigenvalue weighted by molar-refractivity contribution is 0.534. The van der Waals surface area contributed by atoms with Crippen molar-refractivity contribution in [3.8, 4) is 22.6 Å². The zero-order valence-electron chi connectivity index (χ0n) is 17.7. The van der Waals surface area contributed by atoms with Gasteiger partial charge >= 0.3 is 0 Å². The second-order valence-corrected chi connectivity index (χ2v) is 7.81. The summed E-state index contributed by atoms with van der Waals surface area (Å²) >= 11 is 0. The van der Waals surface area contributed by atoms with Crippen molar-refractivity contribution in [1.82, 2.24) is 29.7 Å². The quantitative estimate of drug-likeness (QED) is 0.388. The van der Waals surface area contributed by atoms with E-state index in [1.54, 1.807) is 18.5 Å². The smallest absolute Gasteiger partial charge is 0.126 e. The standard InChI is InChI=1S/C24H22FN7/c1-15(2)32-11-8-20(31-32)24-23(16-6-7-19-21(12-16)27-10-9-26-19)29-22(30-24)14-28-18-5-3-4-17(25)13-18/h3-13,15,28H,14H2,1-2H3,(H,29,30). The third-order valence-corrected chi connectivity index (χ3v) is 5.18. The van der Waals surface area contributed by atoms with Gasteiger partial charge in [0.25, 0.3) is 0 Å². The van der Waals surface area contributed by atoms with Gasteiger partial charge in [-0.1, -0.05) is 12.1 Å². The van der Waals surface area contributed by atoms with Gasteiger partial charge in [0.15, 0.2) is 0 Å². The second kappa shape index (κ2) is 8.22. The van der Waals surface area contributed by atoms with E-state index >= 15 is 0 Å². The lowest BCUT2D eigenvalue weighted by atomic mass is 10.1. The Kier molecular flexibility index (Phi) is 5.10. The Balaban J connectivity index is 1.54. The average molecular weight is 427 g/mol. The summed E-state index contributed by atoms with van der Waals surface area (Å²) in [5.41, 5.74) is 5.64. The Morgan fingerprint density at radius 1 is 1.03 bits per heavy atom. The first kappa shape index (κ1) is 19.9. The van der Waals surface area contributed by atoms with Crippen molar-refractivity contribution in [2.75, 3.05) is 5.32 Å². The summed E-state index contributed by atoms with van der Waals surface area (Å²) in [4.78, 5) is 17.0. The summed E-state index contributed by atoms with van der Waals surface area (Å²) in [6, 6.07) is 14.5. The first-order valence-corrected chi connectivity index (χ1v) is 10.4. The molecule has 5 rings (SSSR count). The Hall–Kier alpha value is -4.07. The zero-order chi connectivity index (χ0) is 22.1. The summed E-state index contributed by atoms with van der Waals surface area (Å²) in [6.07, 6.45) is 5.31. The lowest BCUT2D eigenvalue weighted by Crippen LogP contribution is -2.02. The Bertz CT molecular complexity index is 1390. The highest BCUT2D eigenvalue weighted by atomic mass is 19.1. The molecule has 2 N–H and O–H groups in total. The number of benzene rings is 2. The summed E-state index contributed by atoms with van der Waals surface area (Å²) in [6.45, 7) is 4.58. The molecule has 0 spiro atoms. The van der Waals surface area contributed by atoms with E-state index in [-0.39, 0.29) is 11.9 Å². The number of nitrogens with zero attached hydrogens (tertiary/aromatic N) is 5. The maximum atomic E-state index is 13.5. The van der Waals surface area contributed by atoms with Crippen LogP contribution in [-0.4, -0.2) is 29.7 Å². The number of hydrogen-bond donors (Lipinski definition) is 2. The SMILES string of the molecule is CC(C)n1ccc(-c2nc(CNc3cccc(F)c3)[nH]c2-c2ccc3nccnc3c2)n1. The Morgan fingerprint density at radius 3 is 2.66 bits per heavy atom. The van der Waals surface area contributed by atoms with Crippen LogP contribution in [0.4, 0.5) is 10.1 Å². The fourth-order valence-electron chi connectivity index (χ4n) is 3.56. The molecule has 160 valence electrons. The highest BCUT2D eigenvalue weighted by molar-refractivity contribution is 5.84. The van der Waals surface area contributed by atoms with Crippen LogP contribution in [0.2, 0.25) is 0 Å². The molecule has 0 fully saturated rings. The van der Waals surface area contributed by atoms with E-state index in [0.29, 0.717) is 12.2 Å². The van der Waals surface area contributed by atoms with Crippen LogP contribution in [0, 0.1) is 5.82 Å². The number of anilines is 1. The summed E-state index contributed by atoms with van der Waals surface area (Å²) in [7, 11) is 0. The normalized spacial score (nSPS) is 11.4. The third kappa shape index (κ3) is 3.94. The van der Waals surface area contributed by atoms with Crippen molar-refractivity contribution in [3.05, 3.63) is 78.8 Å². The fraction of sp³-hybridized carbons (Fsp3) is 0.167. The van der Waals surface area contributed by atoms with Crippen molar-refractivity contribution < 1.29 is 4.39 Å². The van der Waals surface area contributed by atoms with E-state index in [1.807, 2.05) is 41.2 Å². The summed E-state index contributed by atoms with van der Waals surface area (Å²) in [5, 5.41) is 7.92. The van der Waals surface area contributed by atoms with Gasteiger partial charge in [-0.05, 0) is 50.2 Å². The molecule has 0 atom stereocenters. The van der Waals surface area contributed by atoms with Gasteiger partial charge in [-0.15, -0.1) is 0 Å². The summed E-state index contributed by atoms with van der Waals surface area (Å²) in [5.74, 6) is 0.435. The topological polar surface area (TPSA) is 84.3 Å². The van der Waals surface area contributed by atoms with Crippen LogP contribution in [0.5, 0.6) is 0 Å². The second-order valence-electron chi connectivity index (χ2n) is 7.81. The van der Waals surface area contributed by atoms with Gasteiger partial charge in [-0.2, -0.15) is 5.10 Å². The highest BCUT2D eigenvalue weighted by Crippen LogP contribution is 2.31. The van der Waals surface area contributed by atoms with E-state index < -0.39 is 0 Å². The lowest BCUT2D eigenvalue weighted by Gasteiger charge is -2.05. The first-order chi connectivity index (χ1) is 15.6. The fourth-order valence-corrected chi connectivity index (χ4v) is 3.56. The zero-order valence-corrected chi connectivity index (χ0v) is 17.7. The van der Waals surface area contributed by atoms with E-state index in [0.717, 1.165) is 39.5 Å². The molecule has 3 aromatic heterocycles. The predicted molar refractivity (Wildman–Crippen MR) is 122 cm³/mol. The molecule has 0 saturated carbocycles. The van der Waals surface area contributed by atoms with Crippen molar-refractivity contribution in [2.24, 2.45) is 0 Å². The Morgan fingerprint density at radius 2 is 1.88 bits per heavy atom. The van der Waals surface area contributed by atoms with Gasteiger partial charge in [0, 0.05) is 35.9 Å². The van der Waals surface area contributed by atoms with Gasteiger partial charge in [0.05, 0.1) is 23.3 Å². The van der Waals surface area contributed by atoms with Crippen LogP contribution in [0.15, 0.2) is 67.1 Å². The van der Waals surface area contributed by atoms with Crippen molar-refractivity contribution in [3.63, 3.8) is 0 Å². The molecule has 2 aromatic carbocycles. The van der Waals surface area contributed by atoms with Gasteiger partial charge in [-0.3, -0.25) is 14.6 Å². The molecule has 0 radical (unpaired) electrons. The van der Waals surface area contributed by atoms with E-state index in [2.05, 4.69) is 34.1 Å². The number of fused-ring (bicyclic) bond motifs is 1. The molecule has 3 heterocycles. The van der Waals surface area contributed by atoms with Gasteiger partial charge in [0.2, 0.25) is 0 Å². The molecular formula is C24H22FN7. The number of rotatable bonds is 6. The van der Waals surface area contributed by atoms with Gasteiger partial charge < -0.3 is 10.3 Å². The summed E-state index contributed by atoms with van der Waals surface area (Å²) < 4.78 is 15.4. The van der Waals surface area contributed by atoms with E-state index in [4.69, 9.17) is 10.1 Å². The van der Waals surface area contributed by atoms with E-state index in [1.165, 1.54) is 12.1 Å². The number of nitrogens with one attached hydrogen (secondary N) is 2. The molecule has 0 aliphatic rings. The molecule has 0 aliphatic heterocycles. The van der Waals surface area contributed by atoms with Crippen molar-refractivity contribution in [2.45, 2.75) is 26.4 Å². The van der Waals surface area contributed by atoms with Crippen LogP contribution >= 0.6 is 0 Å². The number of halogens is 1. The number of aromatic amines is 1. The molecule has 32 heavy (non-hydrogen) atoms. The van der Waals surface area contributed by atoms with Gasteiger partial charge in [-0.25, -0.2) is 9.37 Å². The number of H-pyrrole nitrogens is 1. The van der Waals surface area contributed by atoms with Crippen LogP contribution in [0.3, 0.4) is 0 Å². The van der Waals surface area contributed by atoms with Crippen molar-refractivity contribution >= 4 is 16.7 Å². The monoisotopic (exact) mass is 427 g/mol. The van der Waals surface area contributed by atoms with Crippen LogP contribution in [-0.2, 0) is 6.54 Å². The largest absolute Gasteiger partial charge is 0.378 e. The minimum Gasteiger partial charge on any atom is -0.378 e. The van der Waals surface area contributed by atoms with Crippen LogP contribution in [0.1, 0.15) is 25.7 Å². The number of aromatic nitrogens is 6. The molecule has 0 bridgehead atoms.